The summed E-state index contributed by atoms with van der Waals surface area (Å²) in [6, 6.07) is 2.19. The topological polar surface area (TPSA) is 37.8 Å². The third-order valence-electron chi connectivity index (χ3n) is 2.52. The van der Waals surface area contributed by atoms with E-state index in [0.29, 0.717) is 5.15 Å². The summed E-state index contributed by atoms with van der Waals surface area (Å²) in [5.41, 5.74) is 4.88. The van der Waals surface area contributed by atoms with Gasteiger partial charge in [-0.3, -0.25) is 0 Å². The average Bonchev–Trinajstić information content (AvgIpc) is 2.70. The molecule has 5 heteroatoms. The van der Waals surface area contributed by atoms with Gasteiger partial charge < -0.3 is 5.32 Å². The SMILES string of the molecule is Cc1cnc(Cl)c(NC(C)c2scnc2C)c1. The van der Waals surface area contributed by atoms with Crippen LogP contribution in [-0.4, -0.2) is 9.97 Å². The minimum atomic E-state index is 0.184. The Labute approximate surface area is 110 Å². The molecule has 0 saturated heterocycles. The van der Waals surface area contributed by atoms with Gasteiger partial charge in [-0.15, -0.1) is 11.3 Å². The molecule has 90 valence electrons. The van der Waals surface area contributed by atoms with Crippen LogP contribution in [0.4, 0.5) is 5.69 Å². The highest BCUT2D eigenvalue weighted by Crippen LogP contribution is 2.28. The van der Waals surface area contributed by atoms with Gasteiger partial charge >= 0.3 is 0 Å². The lowest BCUT2D eigenvalue weighted by Gasteiger charge is -2.15. The van der Waals surface area contributed by atoms with E-state index < -0.39 is 0 Å². The van der Waals surface area contributed by atoms with Crippen molar-refractivity contribution in [3.05, 3.63) is 39.1 Å². The highest BCUT2D eigenvalue weighted by Gasteiger charge is 2.12. The minimum absolute atomic E-state index is 0.184. The Bertz CT molecular complexity index is 524. The first-order chi connectivity index (χ1) is 8.08. The fourth-order valence-corrected chi connectivity index (χ4v) is 2.65. The second-order valence-corrected chi connectivity index (χ2v) is 5.26. The molecule has 0 spiro atoms. The van der Waals surface area contributed by atoms with Gasteiger partial charge in [0.25, 0.3) is 0 Å². The number of aryl methyl sites for hydroxylation is 2. The van der Waals surface area contributed by atoms with E-state index >= 15 is 0 Å². The Kier molecular flexibility index (Phi) is 3.64. The molecule has 1 N–H and O–H groups in total. The van der Waals surface area contributed by atoms with E-state index in [4.69, 9.17) is 11.6 Å². The van der Waals surface area contributed by atoms with Gasteiger partial charge in [0.05, 0.1) is 22.9 Å². The third kappa shape index (κ3) is 2.76. The van der Waals surface area contributed by atoms with Gasteiger partial charge in [-0.05, 0) is 32.4 Å². The molecular weight excluding hydrogens is 254 g/mol. The summed E-state index contributed by atoms with van der Waals surface area (Å²) in [4.78, 5) is 9.60. The molecule has 0 aromatic carbocycles. The van der Waals surface area contributed by atoms with Crippen molar-refractivity contribution in [3.63, 3.8) is 0 Å². The first kappa shape index (κ1) is 12.3. The molecule has 2 aromatic heterocycles. The fourth-order valence-electron chi connectivity index (χ4n) is 1.68. The molecule has 0 bridgehead atoms. The predicted octanol–water partition coefficient (Wildman–Crippen LogP) is 3.98. The van der Waals surface area contributed by atoms with E-state index in [-0.39, 0.29) is 6.04 Å². The summed E-state index contributed by atoms with van der Waals surface area (Å²) in [7, 11) is 0. The van der Waals surface area contributed by atoms with Gasteiger partial charge in [0, 0.05) is 11.1 Å². The number of nitrogens with one attached hydrogen (secondary N) is 1. The van der Waals surface area contributed by atoms with Crippen molar-refractivity contribution in [2.75, 3.05) is 5.32 Å². The van der Waals surface area contributed by atoms with Crippen molar-refractivity contribution in [1.82, 2.24) is 9.97 Å². The van der Waals surface area contributed by atoms with Gasteiger partial charge in [0.1, 0.15) is 0 Å². The van der Waals surface area contributed by atoms with Gasteiger partial charge in [-0.2, -0.15) is 0 Å². The summed E-state index contributed by atoms with van der Waals surface area (Å²) in [6.07, 6.45) is 1.76. The molecule has 0 radical (unpaired) electrons. The van der Waals surface area contributed by atoms with Crippen LogP contribution in [-0.2, 0) is 0 Å². The van der Waals surface area contributed by atoms with Crippen LogP contribution in [0, 0.1) is 13.8 Å². The Morgan fingerprint density at radius 1 is 1.35 bits per heavy atom. The first-order valence-electron chi connectivity index (χ1n) is 5.36. The number of pyridine rings is 1. The van der Waals surface area contributed by atoms with E-state index in [1.807, 2.05) is 25.4 Å². The van der Waals surface area contributed by atoms with Gasteiger partial charge in [-0.25, -0.2) is 9.97 Å². The number of rotatable bonds is 3. The molecule has 0 saturated carbocycles. The van der Waals surface area contributed by atoms with Gasteiger partial charge in [0.2, 0.25) is 0 Å². The molecule has 1 unspecified atom stereocenters. The second kappa shape index (κ2) is 5.02. The molecule has 2 aromatic rings. The lowest BCUT2D eigenvalue weighted by atomic mass is 10.2. The van der Waals surface area contributed by atoms with Crippen LogP contribution in [0.5, 0.6) is 0 Å². The van der Waals surface area contributed by atoms with Crippen molar-refractivity contribution >= 4 is 28.6 Å². The number of halogens is 1. The van der Waals surface area contributed by atoms with E-state index in [2.05, 4.69) is 22.2 Å². The molecule has 2 heterocycles. The van der Waals surface area contributed by atoms with E-state index in [1.165, 1.54) is 4.88 Å². The molecular formula is C12H14ClN3S. The van der Waals surface area contributed by atoms with Crippen molar-refractivity contribution in [2.45, 2.75) is 26.8 Å². The molecule has 0 aliphatic rings. The Morgan fingerprint density at radius 3 is 2.76 bits per heavy atom. The maximum atomic E-state index is 6.06. The normalized spacial score (nSPS) is 12.5. The Hall–Kier alpha value is -1.13. The standard InChI is InChI=1S/C12H14ClN3S/c1-7-4-10(12(13)14-5-7)16-9(3)11-8(2)15-6-17-11/h4-6,9,16H,1-3H3. The number of anilines is 1. The van der Waals surface area contributed by atoms with Gasteiger partial charge in [-0.1, -0.05) is 11.6 Å². The highest BCUT2D eigenvalue weighted by atomic mass is 35.5. The van der Waals surface area contributed by atoms with Crippen molar-refractivity contribution in [1.29, 1.82) is 0 Å². The Morgan fingerprint density at radius 2 is 2.12 bits per heavy atom. The zero-order valence-corrected chi connectivity index (χ0v) is 11.6. The van der Waals surface area contributed by atoms with Gasteiger partial charge in [0.15, 0.2) is 5.15 Å². The quantitative estimate of drug-likeness (QED) is 0.855. The zero-order valence-electron chi connectivity index (χ0n) is 9.99. The summed E-state index contributed by atoms with van der Waals surface area (Å²) in [6.45, 7) is 6.11. The molecule has 2 rings (SSSR count). The van der Waals surface area contributed by atoms with Crippen molar-refractivity contribution in [3.8, 4) is 0 Å². The Balaban J connectivity index is 2.21. The average molecular weight is 268 g/mol. The molecule has 0 aliphatic heterocycles. The van der Waals surface area contributed by atoms with Crippen LogP contribution in [0.3, 0.4) is 0 Å². The van der Waals surface area contributed by atoms with Crippen LogP contribution in [0.15, 0.2) is 17.8 Å². The number of thiazole rings is 1. The largest absolute Gasteiger partial charge is 0.375 e. The highest BCUT2D eigenvalue weighted by molar-refractivity contribution is 7.09. The number of aromatic nitrogens is 2. The third-order valence-corrected chi connectivity index (χ3v) is 3.94. The van der Waals surface area contributed by atoms with Crippen LogP contribution >= 0.6 is 22.9 Å². The van der Waals surface area contributed by atoms with E-state index in [0.717, 1.165) is 16.9 Å². The van der Waals surface area contributed by atoms with Crippen LogP contribution in [0.1, 0.15) is 29.1 Å². The molecule has 0 fully saturated rings. The maximum absolute atomic E-state index is 6.06. The molecule has 0 amide bonds. The van der Waals surface area contributed by atoms with Crippen LogP contribution in [0.2, 0.25) is 5.15 Å². The smallest absolute Gasteiger partial charge is 0.152 e. The molecule has 0 aliphatic carbocycles. The van der Waals surface area contributed by atoms with Crippen LogP contribution < -0.4 is 5.32 Å². The number of nitrogens with zero attached hydrogens (tertiary/aromatic N) is 2. The molecule has 3 nitrogen and oxygen atoms in total. The van der Waals surface area contributed by atoms with Crippen LogP contribution in [0.25, 0.3) is 0 Å². The van der Waals surface area contributed by atoms with Crippen molar-refractivity contribution in [2.24, 2.45) is 0 Å². The van der Waals surface area contributed by atoms with E-state index in [1.54, 1.807) is 17.5 Å². The predicted molar refractivity (Wildman–Crippen MR) is 72.9 cm³/mol. The summed E-state index contributed by atoms with van der Waals surface area (Å²) >= 11 is 7.71. The summed E-state index contributed by atoms with van der Waals surface area (Å²) in [5, 5.41) is 3.87. The second-order valence-electron chi connectivity index (χ2n) is 4.02. The first-order valence-corrected chi connectivity index (χ1v) is 6.62. The van der Waals surface area contributed by atoms with E-state index in [9.17, 15) is 0 Å². The summed E-state index contributed by atoms with van der Waals surface area (Å²) < 4.78 is 0. The molecule has 17 heavy (non-hydrogen) atoms. The zero-order chi connectivity index (χ0) is 12.4. The lowest BCUT2D eigenvalue weighted by molar-refractivity contribution is 0.888. The molecule has 1 atom stereocenters. The number of hydrogen-bond acceptors (Lipinski definition) is 4. The monoisotopic (exact) mass is 267 g/mol. The lowest BCUT2D eigenvalue weighted by Crippen LogP contribution is -2.07. The summed E-state index contributed by atoms with van der Waals surface area (Å²) in [5.74, 6) is 0. The fraction of sp³-hybridized carbons (Fsp3) is 0.333. The minimum Gasteiger partial charge on any atom is -0.375 e. The maximum Gasteiger partial charge on any atom is 0.152 e. The van der Waals surface area contributed by atoms with Crippen molar-refractivity contribution < 1.29 is 0 Å². The number of hydrogen-bond donors (Lipinski definition) is 1.